The van der Waals surface area contributed by atoms with E-state index in [4.69, 9.17) is 22.3 Å². The molecular formula is C28H14N10O2Pt2-6. The molecule has 214 valence electrons. The Labute approximate surface area is 270 Å². The average Bonchev–Trinajstić information content (AvgIpc) is 3.74. The molecule has 0 aliphatic rings. The predicted molar refractivity (Wildman–Crippen MR) is 137 cm³/mol. The zero-order valence-electron chi connectivity index (χ0n) is 21.0. The van der Waals surface area contributed by atoms with Crippen LogP contribution in [-0.2, 0) is 42.1 Å². The smallest absolute Gasteiger partial charge is 0.234 e. The molecule has 0 amide bonds. The molecule has 14 heteroatoms. The summed E-state index contributed by atoms with van der Waals surface area (Å²) in [4.78, 5) is 16.1. The average molecular weight is 913 g/mol. The SMILES string of the molecule is [C-]#Cn1cnnc1.[C-]#Cn1cnnc1.[Pt].[Pt].[c-]1ccc(Oc2cnccn2)[c-]c1-c1[c-]ccc(Oc2cnccn2)[c-]1. The second-order valence-electron chi connectivity index (χ2n) is 6.94. The van der Waals surface area contributed by atoms with Gasteiger partial charge in [-0.25, -0.2) is 22.1 Å². The molecule has 2 aromatic carbocycles. The number of hydrogen-bond acceptors (Lipinski definition) is 10. The summed E-state index contributed by atoms with van der Waals surface area (Å²) in [5, 5.41) is 13.7. The van der Waals surface area contributed by atoms with Gasteiger partial charge in [-0.15, -0.1) is 20.4 Å². The zero-order chi connectivity index (χ0) is 27.8. The van der Waals surface area contributed by atoms with E-state index in [1.165, 1.54) is 46.8 Å². The van der Waals surface area contributed by atoms with Gasteiger partial charge in [-0.05, 0) is 0 Å². The van der Waals surface area contributed by atoms with E-state index in [1.54, 1.807) is 49.1 Å². The first kappa shape index (κ1) is 33.2. The van der Waals surface area contributed by atoms with Gasteiger partial charge in [0.2, 0.25) is 11.8 Å². The molecule has 0 aliphatic carbocycles. The van der Waals surface area contributed by atoms with E-state index >= 15 is 0 Å². The molecule has 12 nitrogen and oxygen atoms in total. The van der Waals surface area contributed by atoms with Crippen LogP contribution in [0.4, 0.5) is 0 Å². The first-order chi connectivity index (χ1) is 19.7. The third-order valence-electron chi connectivity index (χ3n) is 4.27. The van der Waals surface area contributed by atoms with Crippen molar-refractivity contribution in [3.05, 3.63) is 124 Å². The van der Waals surface area contributed by atoms with E-state index < -0.39 is 0 Å². The van der Waals surface area contributed by atoms with Crippen molar-refractivity contribution in [1.82, 2.24) is 49.5 Å². The van der Waals surface area contributed by atoms with Crippen molar-refractivity contribution in [2.24, 2.45) is 0 Å². The van der Waals surface area contributed by atoms with Crippen LogP contribution in [0.2, 0.25) is 0 Å². The molecule has 0 bridgehead atoms. The van der Waals surface area contributed by atoms with Crippen LogP contribution in [0.5, 0.6) is 23.3 Å². The predicted octanol–water partition coefficient (Wildman–Crippen LogP) is 3.06. The van der Waals surface area contributed by atoms with E-state index in [2.05, 4.69) is 64.6 Å². The molecule has 0 N–H and O–H groups in total. The molecule has 4 aromatic heterocycles. The Balaban J connectivity index is 0.000000317. The normalized spacial score (nSPS) is 9.00. The Hall–Kier alpha value is -5.02. The third-order valence-corrected chi connectivity index (χ3v) is 4.27. The summed E-state index contributed by atoms with van der Waals surface area (Å²) in [5.74, 6) is 1.74. The fraction of sp³-hybridized carbons (Fsp3) is 0. The van der Waals surface area contributed by atoms with Gasteiger partial charge in [0.15, 0.2) is 0 Å². The number of hydrogen-bond donors (Lipinski definition) is 0. The quantitative estimate of drug-likeness (QED) is 0.188. The molecule has 6 rings (SSSR count). The molecule has 0 atom stereocenters. The van der Waals surface area contributed by atoms with Gasteiger partial charge in [0.05, 0.1) is 12.4 Å². The molecule has 4 heterocycles. The summed E-state index contributed by atoms with van der Waals surface area (Å²) in [6.45, 7) is 0. The van der Waals surface area contributed by atoms with E-state index in [9.17, 15) is 0 Å². The summed E-state index contributed by atoms with van der Waals surface area (Å²) < 4.78 is 13.9. The van der Waals surface area contributed by atoms with Crippen molar-refractivity contribution < 1.29 is 51.6 Å². The Kier molecular flexibility index (Phi) is 14.5. The first-order valence-electron chi connectivity index (χ1n) is 11.0. The first-order valence-corrected chi connectivity index (χ1v) is 11.0. The Morgan fingerprint density at radius 2 is 1.02 bits per heavy atom. The van der Waals surface area contributed by atoms with Gasteiger partial charge in [-0.3, -0.25) is 31.2 Å². The molecule has 0 saturated carbocycles. The van der Waals surface area contributed by atoms with Crippen molar-refractivity contribution >= 4 is 0 Å². The number of aromatic nitrogens is 10. The fourth-order valence-electron chi connectivity index (χ4n) is 2.61. The Morgan fingerprint density at radius 3 is 1.33 bits per heavy atom. The summed E-state index contributed by atoms with van der Waals surface area (Å²) in [7, 11) is 0. The van der Waals surface area contributed by atoms with Crippen molar-refractivity contribution in [3.8, 4) is 46.5 Å². The van der Waals surface area contributed by atoms with Crippen LogP contribution in [-0.4, -0.2) is 49.5 Å². The maximum Gasteiger partial charge on any atom is 0.234 e. The standard InChI is InChI=1S/C20H10N4O2.2C4H2N3.2Pt/c1-3-15(11-17(5-1)25-19-13-21-7-9-23-19)16-4-2-6-18(12-16)26-20-14-22-8-10-24-20;2*1-2-7-3-5-6-4-7;;/h1-2,5-10,13-14H;2*3-4H;;/q-4;2*-1;;. The van der Waals surface area contributed by atoms with Crippen LogP contribution >= 0.6 is 0 Å². The zero-order valence-corrected chi connectivity index (χ0v) is 25.5. The van der Waals surface area contributed by atoms with Gasteiger partial charge >= 0.3 is 0 Å². The summed E-state index contributed by atoms with van der Waals surface area (Å²) >= 11 is 0. The van der Waals surface area contributed by atoms with Crippen LogP contribution in [0, 0.1) is 49.2 Å². The number of ether oxygens (including phenoxy) is 2. The van der Waals surface area contributed by atoms with Crippen molar-refractivity contribution in [1.29, 1.82) is 0 Å². The van der Waals surface area contributed by atoms with Crippen LogP contribution in [0.3, 0.4) is 0 Å². The maximum atomic E-state index is 6.49. The third kappa shape index (κ3) is 10.9. The fourth-order valence-corrected chi connectivity index (χ4v) is 2.61. The molecule has 0 unspecified atom stereocenters. The van der Waals surface area contributed by atoms with E-state index in [0.29, 0.717) is 34.4 Å². The number of nitrogens with zero attached hydrogens (tertiary/aromatic N) is 10. The van der Waals surface area contributed by atoms with E-state index in [1.807, 2.05) is 12.1 Å². The van der Waals surface area contributed by atoms with Crippen LogP contribution in [0.15, 0.2) is 86.8 Å². The molecule has 0 spiro atoms. The molecule has 0 fully saturated rings. The molecule has 6 aromatic rings. The van der Waals surface area contributed by atoms with Gasteiger partial charge < -0.3 is 57.7 Å². The minimum atomic E-state index is 0. The molecule has 0 aliphatic heterocycles. The molecule has 0 saturated heterocycles. The minimum Gasteiger partial charge on any atom is -0.669 e. The maximum absolute atomic E-state index is 6.49. The van der Waals surface area contributed by atoms with Gasteiger partial charge in [-0.1, -0.05) is 11.5 Å². The van der Waals surface area contributed by atoms with Gasteiger partial charge in [-0.2, -0.15) is 12.1 Å². The van der Waals surface area contributed by atoms with Gasteiger partial charge in [0.25, 0.3) is 0 Å². The summed E-state index contributed by atoms with van der Waals surface area (Å²) in [6, 6.07) is 23.4. The van der Waals surface area contributed by atoms with Gasteiger partial charge in [0, 0.05) is 66.9 Å². The Morgan fingerprint density at radius 1 is 0.619 bits per heavy atom. The molecule has 0 radical (unpaired) electrons. The summed E-state index contributed by atoms with van der Waals surface area (Å²) in [6.07, 6.45) is 27.9. The van der Waals surface area contributed by atoms with Crippen molar-refractivity contribution in [3.63, 3.8) is 0 Å². The minimum absolute atomic E-state index is 0. The van der Waals surface area contributed by atoms with Crippen molar-refractivity contribution in [2.45, 2.75) is 0 Å². The van der Waals surface area contributed by atoms with Crippen LogP contribution < -0.4 is 9.47 Å². The van der Waals surface area contributed by atoms with Crippen LogP contribution in [0.1, 0.15) is 0 Å². The summed E-state index contributed by atoms with van der Waals surface area (Å²) in [5.41, 5.74) is 1.27. The largest absolute Gasteiger partial charge is 0.669 e. The van der Waals surface area contributed by atoms with E-state index in [0.717, 1.165) is 0 Å². The van der Waals surface area contributed by atoms with Crippen LogP contribution in [0.25, 0.3) is 11.1 Å². The van der Waals surface area contributed by atoms with E-state index in [-0.39, 0.29) is 42.1 Å². The molecule has 42 heavy (non-hydrogen) atoms. The number of benzene rings is 2. The second-order valence-corrected chi connectivity index (χ2v) is 6.94. The molecular weight excluding hydrogens is 899 g/mol. The number of rotatable bonds is 5. The monoisotopic (exact) mass is 912 g/mol. The topological polar surface area (TPSA) is 131 Å². The Bertz CT molecular complexity index is 1550. The van der Waals surface area contributed by atoms with Crippen molar-refractivity contribution in [2.75, 3.05) is 0 Å². The van der Waals surface area contributed by atoms with Gasteiger partial charge in [0.1, 0.15) is 25.3 Å². The second kappa shape index (κ2) is 18.3.